The van der Waals surface area contributed by atoms with E-state index in [1.807, 2.05) is 18.2 Å². The van der Waals surface area contributed by atoms with E-state index in [2.05, 4.69) is 17.3 Å². The Kier molecular flexibility index (Phi) is 6.71. The Labute approximate surface area is 139 Å². The minimum absolute atomic E-state index is 0.0798. The number of para-hydroxylation sites is 2. The molecule has 1 atom stereocenters. The molecule has 1 aliphatic rings. The summed E-state index contributed by atoms with van der Waals surface area (Å²) in [5.41, 5.74) is 0. The standard InChI is InChI=1S/C18H28N2O3/c1-14(23-17-7-5-4-6-16(17)22-3)18(21)19-11-8-15-9-12-20(2)13-10-15/h4-7,14-15H,8-13H2,1-3H3,(H,19,21)/t14-/m1/s1. The number of rotatable bonds is 7. The van der Waals surface area contributed by atoms with Crippen molar-refractivity contribution in [3.63, 3.8) is 0 Å². The third kappa shape index (κ3) is 5.43. The van der Waals surface area contributed by atoms with Crippen LogP contribution in [0.25, 0.3) is 0 Å². The van der Waals surface area contributed by atoms with E-state index in [-0.39, 0.29) is 5.91 Å². The highest BCUT2D eigenvalue weighted by Gasteiger charge is 2.19. The summed E-state index contributed by atoms with van der Waals surface area (Å²) in [6.45, 7) is 4.79. The Hall–Kier alpha value is -1.75. The highest BCUT2D eigenvalue weighted by molar-refractivity contribution is 5.80. The molecule has 0 saturated carbocycles. The van der Waals surface area contributed by atoms with Crippen LogP contribution in [0, 0.1) is 5.92 Å². The molecule has 0 spiro atoms. The van der Waals surface area contributed by atoms with Crippen LogP contribution in [0.3, 0.4) is 0 Å². The van der Waals surface area contributed by atoms with Gasteiger partial charge in [0.15, 0.2) is 17.6 Å². The van der Waals surface area contributed by atoms with Gasteiger partial charge in [-0.1, -0.05) is 12.1 Å². The van der Waals surface area contributed by atoms with Crippen molar-refractivity contribution < 1.29 is 14.3 Å². The van der Waals surface area contributed by atoms with Crippen LogP contribution in [0.1, 0.15) is 26.2 Å². The number of amides is 1. The van der Waals surface area contributed by atoms with E-state index >= 15 is 0 Å². The molecule has 1 fully saturated rings. The monoisotopic (exact) mass is 320 g/mol. The molecule has 128 valence electrons. The van der Waals surface area contributed by atoms with Crippen LogP contribution in [0.5, 0.6) is 11.5 Å². The minimum atomic E-state index is -0.538. The summed E-state index contributed by atoms with van der Waals surface area (Å²) >= 11 is 0. The third-order valence-electron chi connectivity index (χ3n) is 4.43. The van der Waals surface area contributed by atoms with Crippen LogP contribution in [0.4, 0.5) is 0 Å². The van der Waals surface area contributed by atoms with Crippen molar-refractivity contribution in [3.8, 4) is 11.5 Å². The zero-order valence-corrected chi connectivity index (χ0v) is 14.4. The Morgan fingerprint density at radius 3 is 2.61 bits per heavy atom. The van der Waals surface area contributed by atoms with Gasteiger partial charge in [0.25, 0.3) is 5.91 Å². The van der Waals surface area contributed by atoms with Crippen LogP contribution in [0.2, 0.25) is 0 Å². The van der Waals surface area contributed by atoms with Crippen LogP contribution in [0.15, 0.2) is 24.3 Å². The van der Waals surface area contributed by atoms with Crippen molar-refractivity contribution in [1.29, 1.82) is 0 Å². The zero-order valence-electron chi connectivity index (χ0n) is 14.4. The van der Waals surface area contributed by atoms with Crippen molar-refractivity contribution in [3.05, 3.63) is 24.3 Å². The maximum atomic E-state index is 12.2. The summed E-state index contributed by atoms with van der Waals surface area (Å²) in [7, 11) is 3.75. The number of hydrogen-bond donors (Lipinski definition) is 1. The molecule has 1 heterocycles. The predicted octanol–water partition coefficient (Wildman–Crippen LogP) is 2.31. The van der Waals surface area contributed by atoms with E-state index in [9.17, 15) is 4.79 Å². The third-order valence-corrected chi connectivity index (χ3v) is 4.43. The second-order valence-electron chi connectivity index (χ2n) is 6.24. The quantitative estimate of drug-likeness (QED) is 0.837. The summed E-state index contributed by atoms with van der Waals surface area (Å²) < 4.78 is 10.9. The molecule has 23 heavy (non-hydrogen) atoms. The fourth-order valence-corrected chi connectivity index (χ4v) is 2.85. The number of nitrogens with zero attached hydrogens (tertiary/aromatic N) is 1. The van der Waals surface area contributed by atoms with Gasteiger partial charge in [-0.25, -0.2) is 0 Å². The van der Waals surface area contributed by atoms with E-state index in [0.717, 1.165) is 25.4 Å². The topological polar surface area (TPSA) is 50.8 Å². The molecule has 2 rings (SSSR count). The fraction of sp³-hybridized carbons (Fsp3) is 0.611. The minimum Gasteiger partial charge on any atom is -0.493 e. The Morgan fingerprint density at radius 2 is 1.96 bits per heavy atom. The SMILES string of the molecule is COc1ccccc1O[C@H](C)C(=O)NCCC1CCN(C)CC1. The average Bonchev–Trinajstić information content (AvgIpc) is 2.57. The average molecular weight is 320 g/mol. The molecular weight excluding hydrogens is 292 g/mol. The molecule has 1 saturated heterocycles. The molecule has 1 aliphatic heterocycles. The Morgan fingerprint density at radius 1 is 1.30 bits per heavy atom. The van der Waals surface area contributed by atoms with Gasteiger partial charge >= 0.3 is 0 Å². The lowest BCUT2D eigenvalue weighted by atomic mass is 9.94. The summed E-state index contributed by atoms with van der Waals surface area (Å²) in [5.74, 6) is 1.87. The van der Waals surface area contributed by atoms with Gasteiger partial charge in [0.2, 0.25) is 0 Å². The van der Waals surface area contributed by atoms with Crippen LogP contribution >= 0.6 is 0 Å². The summed E-state index contributed by atoms with van der Waals surface area (Å²) in [6.07, 6.45) is 2.95. The highest BCUT2D eigenvalue weighted by Crippen LogP contribution is 2.26. The van der Waals surface area contributed by atoms with Crippen molar-refractivity contribution >= 4 is 5.91 Å². The number of likely N-dealkylation sites (tertiary alicyclic amines) is 1. The van der Waals surface area contributed by atoms with Gasteiger partial charge in [-0.15, -0.1) is 0 Å². The summed E-state index contributed by atoms with van der Waals surface area (Å²) in [6, 6.07) is 7.36. The molecular formula is C18H28N2O3. The molecule has 0 radical (unpaired) electrons. The first-order chi connectivity index (χ1) is 11.1. The number of benzene rings is 1. The lowest BCUT2D eigenvalue weighted by molar-refractivity contribution is -0.127. The molecule has 1 aromatic rings. The molecule has 5 nitrogen and oxygen atoms in total. The Bertz CT molecular complexity index is 499. The molecule has 0 bridgehead atoms. The van der Waals surface area contributed by atoms with Gasteiger partial charge in [0.05, 0.1) is 7.11 Å². The van der Waals surface area contributed by atoms with E-state index in [1.54, 1.807) is 20.1 Å². The first-order valence-electron chi connectivity index (χ1n) is 8.36. The molecule has 1 amide bonds. The normalized spacial score (nSPS) is 17.5. The van der Waals surface area contributed by atoms with Crippen molar-refractivity contribution in [1.82, 2.24) is 10.2 Å². The van der Waals surface area contributed by atoms with Crippen molar-refractivity contribution in [2.75, 3.05) is 33.8 Å². The maximum absolute atomic E-state index is 12.2. The number of piperidine rings is 1. The summed E-state index contributed by atoms with van der Waals surface area (Å²) in [5, 5.41) is 2.98. The molecule has 1 aromatic carbocycles. The number of carbonyl (C=O) groups is 1. The lowest BCUT2D eigenvalue weighted by Gasteiger charge is -2.29. The van der Waals surface area contributed by atoms with Crippen LogP contribution in [-0.4, -0.2) is 50.7 Å². The van der Waals surface area contributed by atoms with E-state index < -0.39 is 6.10 Å². The van der Waals surface area contributed by atoms with Crippen LogP contribution in [-0.2, 0) is 4.79 Å². The van der Waals surface area contributed by atoms with Gasteiger partial charge < -0.3 is 19.7 Å². The number of methoxy groups -OCH3 is 1. The number of ether oxygens (including phenoxy) is 2. The van der Waals surface area contributed by atoms with E-state index in [4.69, 9.17) is 9.47 Å². The molecule has 0 aromatic heterocycles. The highest BCUT2D eigenvalue weighted by atomic mass is 16.5. The number of carbonyl (C=O) groups excluding carboxylic acids is 1. The fourth-order valence-electron chi connectivity index (χ4n) is 2.85. The molecule has 0 unspecified atom stereocenters. The second kappa shape index (κ2) is 8.77. The van der Waals surface area contributed by atoms with Gasteiger partial charge in [-0.3, -0.25) is 4.79 Å². The predicted molar refractivity (Wildman–Crippen MR) is 90.9 cm³/mol. The zero-order chi connectivity index (χ0) is 16.7. The lowest BCUT2D eigenvalue weighted by Crippen LogP contribution is -2.38. The largest absolute Gasteiger partial charge is 0.493 e. The number of nitrogens with one attached hydrogen (secondary N) is 1. The van der Waals surface area contributed by atoms with E-state index in [0.29, 0.717) is 18.0 Å². The first kappa shape index (κ1) is 17.6. The van der Waals surface area contributed by atoms with Gasteiger partial charge in [0, 0.05) is 6.54 Å². The smallest absolute Gasteiger partial charge is 0.260 e. The van der Waals surface area contributed by atoms with Crippen LogP contribution < -0.4 is 14.8 Å². The van der Waals surface area contributed by atoms with Gasteiger partial charge in [-0.05, 0) is 64.4 Å². The van der Waals surface area contributed by atoms with Gasteiger partial charge in [0.1, 0.15) is 0 Å². The maximum Gasteiger partial charge on any atom is 0.260 e. The molecule has 5 heteroatoms. The number of hydrogen-bond acceptors (Lipinski definition) is 4. The van der Waals surface area contributed by atoms with Crippen molar-refractivity contribution in [2.24, 2.45) is 5.92 Å². The van der Waals surface area contributed by atoms with Gasteiger partial charge in [-0.2, -0.15) is 0 Å². The Balaban J connectivity index is 1.72. The van der Waals surface area contributed by atoms with E-state index in [1.165, 1.54) is 12.8 Å². The molecule has 1 N–H and O–H groups in total. The molecule has 0 aliphatic carbocycles. The summed E-state index contributed by atoms with van der Waals surface area (Å²) in [4.78, 5) is 14.5. The second-order valence-corrected chi connectivity index (χ2v) is 6.24. The van der Waals surface area contributed by atoms with Crippen molar-refractivity contribution in [2.45, 2.75) is 32.3 Å². The first-order valence-corrected chi connectivity index (χ1v) is 8.36.